The maximum Gasteiger partial charge on any atom is 0.408 e. The fraction of sp³-hybridized carbons (Fsp3) is 0.524. The van der Waals surface area contributed by atoms with Gasteiger partial charge in [-0.15, -0.1) is 0 Å². The first kappa shape index (κ1) is 23.3. The summed E-state index contributed by atoms with van der Waals surface area (Å²) >= 11 is 0. The fourth-order valence-corrected chi connectivity index (χ4v) is 3.90. The Kier molecular flexibility index (Phi) is 6.23. The molecule has 1 aliphatic rings. The van der Waals surface area contributed by atoms with Gasteiger partial charge in [0.25, 0.3) is 0 Å². The number of hydrogen-bond donors (Lipinski definition) is 2. The Morgan fingerprint density at radius 3 is 2.61 bits per heavy atom. The van der Waals surface area contributed by atoms with Gasteiger partial charge in [0.2, 0.25) is 5.95 Å². The lowest BCUT2D eigenvalue weighted by Crippen LogP contribution is -2.45. The van der Waals surface area contributed by atoms with E-state index in [4.69, 9.17) is 0 Å². The van der Waals surface area contributed by atoms with Crippen LogP contribution >= 0.6 is 0 Å². The third-order valence-electron chi connectivity index (χ3n) is 5.75. The Morgan fingerprint density at radius 1 is 1.18 bits per heavy atom. The Bertz CT molecular complexity index is 1140. The Balaban J connectivity index is 1.65. The molecule has 3 aromatic heterocycles. The van der Waals surface area contributed by atoms with Crippen molar-refractivity contribution in [3.8, 4) is 0 Å². The van der Waals surface area contributed by atoms with Crippen LogP contribution in [0, 0.1) is 0 Å². The molecule has 1 fully saturated rings. The average molecular weight is 468 g/mol. The van der Waals surface area contributed by atoms with Gasteiger partial charge in [0, 0.05) is 24.9 Å². The van der Waals surface area contributed by atoms with Crippen LogP contribution in [0.25, 0.3) is 11.0 Å². The second-order valence-electron chi connectivity index (χ2n) is 8.24. The number of aromatic nitrogens is 5. The van der Waals surface area contributed by atoms with Crippen molar-refractivity contribution in [2.24, 2.45) is 0 Å². The van der Waals surface area contributed by atoms with E-state index in [-0.39, 0.29) is 36.2 Å². The predicted molar refractivity (Wildman–Crippen MR) is 111 cm³/mol. The molecule has 2 unspecified atom stereocenters. The van der Waals surface area contributed by atoms with E-state index in [1.807, 2.05) is 0 Å². The fourth-order valence-electron chi connectivity index (χ4n) is 3.90. The number of rotatable bonds is 5. The van der Waals surface area contributed by atoms with Crippen LogP contribution in [-0.2, 0) is 6.42 Å². The van der Waals surface area contributed by atoms with Crippen LogP contribution in [0.4, 0.5) is 23.5 Å². The van der Waals surface area contributed by atoms with E-state index in [2.05, 4.69) is 19.9 Å². The molecule has 33 heavy (non-hydrogen) atoms. The monoisotopic (exact) mass is 468 g/mol. The number of halogens is 4. The van der Waals surface area contributed by atoms with E-state index >= 15 is 0 Å². The molecule has 4 atom stereocenters. The van der Waals surface area contributed by atoms with E-state index in [0.717, 1.165) is 11.5 Å². The molecular weight excluding hydrogens is 444 g/mol. The molecule has 0 aromatic carbocycles. The highest BCUT2D eigenvalue weighted by atomic mass is 19.4. The second-order valence-corrected chi connectivity index (χ2v) is 8.24. The van der Waals surface area contributed by atoms with E-state index in [0.29, 0.717) is 23.9 Å². The summed E-state index contributed by atoms with van der Waals surface area (Å²) in [6.07, 6.45) is -4.76. The van der Waals surface area contributed by atoms with Gasteiger partial charge in [0.15, 0.2) is 0 Å². The van der Waals surface area contributed by atoms with Gasteiger partial charge in [-0.3, -0.25) is 4.98 Å². The highest BCUT2D eigenvalue weighted by molar-refractivity contribution is 5.76. The lowest BCUT2D eigenvalue weighted by molar-refractivity contribution is -0.163. The molecule has 1 saturated heterocycles. The third-order valence-corrected chi connectivity index (χ3v) is 5.75. The van der Waals surface area contributed by atoms with Crippen molar-refractivity contribution >= 4 is 17.0 Å². The number of pyridine rings is 1. The highest BCUT2D eigenvalue weighted by Gasteiger charge is 2.40. The Morgan fingerprint density at radius 2 is 1.94 bits per heavy atom. The van der Waals surface area contributed by atoms with Gasteiger partial charge in [-0.2, -0.15) is 13.2 Å². The molecule has 0 spiro atoms. The maximum absolute atomic E-state index is 13.9. The SMILES string of the molecule is C[C@H](n1c([C@@H](C)O)nc2cnc(Cc3ccnc(N4CCC(O)C(F)C4)n3)cc21)C(F)(F)F. The van der Waals surface area contributed by atoms with E-state index in [1.54, 1.807) is 11.0 Å². The Hall–Kier alpha value is -2.86. The molecule has 1 aliphatic heterocycles. The number of hydrogen-bond acceptors (Lipinski definition) is 7. The molecule has 0 aliphatic carbocycles. The quantitative estimate of drug-likeness (QED) is 0.556. The van der Waals surface area contributed by atoms with Crippen molar-refractivity contribution in [3.63, 3.8) is 0 Å². The summed E-state index contributed by atoms with van der Waals surface area (Å²) in [5.74, 6) is 0.224. The van der Waals surface area contributed by atoms with Gasteiger partial charge in [0.1, 0.15) is 29.7 Å². The lowest BCUT2D eigenvalue weighted by atomic mass is 10.1. The van der Waals surface area contributed by atoms with Gasteiger partial charge >= 0.3 is 6.18 Å². The summed E-state index contributed by atoms with van der Waals surface area (Å²) in [4.78, 5) is 18.7. The topological polar surface area (TPSA) is 100 Å². The summed E-state index contributed by atoms with van der Waals surface area (Å²) in [6.45, 7) is 2.76. The standard InChI is InChI=1S/C21H24F4N6O2/c1-11(32)19-29-16-9-27-14(8-17(16)31(19)12(2)21(23,24)25)7-13-3-5-26-20(28-13)30-6-4-18(33)15(22)10-30/h3,5,8-9,11-12,15,18,32-33H,4,6-7,10H2,1-2H3/t11-,12+,15?,18?/m1/s1. The van der Waals surface area contributed by atoms with Crippen molar-refractivity contribution < 1.29 is 27.8 Å². The van der Waals surface area contributed by atoms with Gasteiger partial charge in [-0.25, -0.2) is 19.3 Å². The maximum atomic E-state index is 13.9. The molecular formula is C21H24F4N6O2. The van der Waals surface area contributed by atoms with E-state index in [1.165, 1.54) is 25.4 Å². The molecule has 8 nitrogen and oxygen atoms in total. The summed E-state index contributed by atoms with van der Waals surface area (Å²) in [6, 6.07) is 1.27. The zero-order valence-corrected chi connectivity index (χ0v) is 18.0. The second kappa shape index (κ2) is 8.82. The molecule has 4 rings (SSSR count). The number of piperidine rings is 1. The number of aliphatic hydroxyl groups is 2. The Labute approximate surface area is 186 Å². The first-order chi connectivity index (χ1) is 15.5. The number of anilines is 1. The van der Waals surface area contributed by atoms with E-state index < -0.39 is 30.6 Å². The first-order valence-corrected chi connectivity index (χ1v) is 10.5. The zero-order chi connectivity index (χ0) is 23.9. The smallest absolute Gasteiger partial charge is 0.390 e. The van der Waals surface area contributed by atoms with Crippen LogP contribution in [0.3, 0.4) is 0 Å². The van der Waals surface area contributed by atoms with Crippen LogP contribution in [0.15, 0.2) is 24.5 Å². The molecule has 2 N–H and O–H groups in total. The molecule has 0 bridgehead atoms. The zero-order valence-electron chi connectivity index (χ0n) is 18.0. The summed E-state index contributed by atoms with van der Waals surface area (Å²) in [7, 11) is 0. The number of alkyl halides is 4. The molecule has 3 aromatic rings. The van der Waals surface area contributed by atoms with Crippen LogP contribution in [0.2, 0.25) is 0 Å². The van der Waals surface area contributed by atoms with Crippen molar-refractivity contribution in [3.05, 3.63) is 41.7 Å². The molecule has 178 valence electrons. The number of nitrogens with zero attached hydrogens (tertiary/aromatic N) is 6. The summed E-state index contributed by atoms with van der Waals surface area (Å²) in [5.41, 5.74) is 1.46. The molecule has 0 saturated carbocycles. The van der Waals surface area contributed by atoms with Crippen LogP contribution < -0.4 is 4.90 Å². The molecule has 0 radical (unpaired) electrons. The first-order valence-electron chi connectivity index (χ1n) is 10.5. The summed E-state index contributed by atoms with van der Waals surface area (Å²) < 4.78 is 55.4. The van der Waals surface area contributed by atoms with Gasteiger partial charge in [-0.05, 0) is 32.4 Å². The minimum absolute atomic E-state index is 0.0224. The lowest BCUT2D eigenvalue weighted by Gasteiger charge is -2.32. The summed E-state index contributed by atoms with van der Waals surface area (Å²) in [5, 5.41) is 19.6. The van der Waals surface area contributed by atoms with Crippen molar-refractivity contribution in [1.82, 2.24) is 24.5 Å². The van der Waals surface area contributed by atoms with Gasteiger partial charge < -0.3 is 19.7 Å². The number of aliphatic hydroxyl groups excluding tert-OH is 2. The van der Waals surface area contributed by atoms with Gasteiger partial charge in [0.05, 0.1) is 30.1 Å². The average Bonchev–Trinajstić information content (AvgIpc) is 3.13. The highest BCUT2D eigenvalue weighted by Crippen LogP contribution is 2.35. The van der Waals surface area contributed by atoms with E-state index in [9.17, 15) is 27.8 Å². The van der Waals surface area contributed by atoms with Crippen molar-refractivity contribution in [1.29, 1.82) is 0 Å². The normalized spacial score (nSPS) is 21.4. The van der Waals surface area contributed by atoms with Crippen LogP contribution in [0.5, 0.6) is 0 Å². The van der Waals surface area contributed by atoms with Crippen LogP contribution in [0.1, 0.15) is 49.6 Å². The van der Waals surface area contributed by atoms with Crippen molar-refractivity contribution in [2.45, 2.75) is 57.3 Å². The molecule has 4 heterocycles. The predicted octanol–water partition coefficient (Wildman–Crippen LogP) is 2.90. The molecule has 12 heteroatoms. The van der Waals surface area contributed by atoms with Crippen molar-refractivity contribution in [2.75, 3.05) is 18.0 Å². The van der Waals surface area contributed by atoms with Crippen LogP contribution in [-0.4, -0.2) is 66.3 Å². The number of imidazole rings is 1. The number of fused-ring (bicyclic) bond motifs is 1. The third kappa shape index (κ3) is 4.76. The van der Waals surface area contributed by atoms with Gasteiger partial charge in [-0.1, -0.05) is 0 Å². The minimum Gasteiger partial charge on any atom is -0.390 e. The largest absolute Gasteiger partial charge is 0.408 e. The molecule has 0 amide bonds. The minimum atomic E-state index is -4.53.